The minimum Gasteiger partial charge on any atom is -0.363 e. The van der Waals surface area contributed by atoms with Gasteiger partial charge >= 0.3 is 0 Å². The molecule has 4 aliphatic heterocycles. The van der Waals surface area contributed by atoms with Gasteiger partial charge in [0.05, 0.1) is 18.3 Å². The van der Waals surface area contributed by atoms with Crippen LogP contribution in [0.1, 0.15) is 81.3 Å². The van der Waals surface area contributed by atoms with Crippen LogP contribution in [0.3, 0.4) is 0 Å². The maximum Gasteiger partial charge on any atom is 0.291 e. The molecule has 0 spiro atoms. The molecule has 0 bridgehead atoms. The highest BCUT2D eigenvalue weighted by Crippen LogP contribution is 2.32. The van der Waals surface area contributed by atoms with Crippen molar-refractivity contribution < 1.29 is 19.2 Å². The molecule has 320 valence electrons. The Balaban J connectivity index is 0.000000162. The second kappa shape index (κ2) is 19.1. The average Bonchev–Trinajstić information content (AvgIpc) is 4.11. The summed E-state index contributed by atoms with van der Waals surface area (Å²) in [6.07, 6.45) is 8.92. The third kappa shape index (κ3) is 9.86. The lowest BCUT2D eigenvalue weighted by Gasteiger charge is -2.24. The molecule has 3 amide bonds. The number of nitrogens with zero attached hydrogens (tertiary/aromatic N) is 11. The maximum absolute atomic E-state index is 12.9. The first-order valence-corrected chi connectivity index (χ1v) is 20.7. The second-order valence-corrected chi connectivity index (χ2v) is 15.6. The first-order chi connectivity index (χ1) is 29.5. The number of amides is 3. The molecule has 1 fully saturated rings. The van der Waals surface area contributed by atoms with E-state index in [-0.39, 0.29) is 23.6 Å². The van der Waals surface area contributed by atoms with Crippen LogP contribution in [0.25, 0.3) is 0 Å². The van der Waals surface area contributed by atoms with Crippen molar-refractivity contribution in [2.24, 2.45) is 0 Å². The number of likely N-dealkylation sites (N-methyl/N-ethyl adjacent to an activating group) is 1. The van der Waals surface area contributed by atoms with Crippen molar-refractivity contribution in [2.45, 2.75) is 83.6 Å². The van der Waals surface area contributed by atoms with Gasteiger partial charge in [0.1, 0.15) is 35.6 Å². The summed E-state index contributed by atoms with van der Waals surface area (Å²) in [4.78, 5) is 61.4. The Bertz CT molecular complexity index is 2340. The predicted octanol–water partition coefficient (Wildman–Crippen LogP) is 2.61. The van der Waals surface area contributed by atoms with Gasteiger partial charge in [0, 0.05) is 66.2 Å². The number of rotatable bonds is 10. The normalized spacial score (nSPS) is 18.0. The fourth-order valence-corrected chi connectivity index (χ4v) is 7.85. The molecule has 0 radical (unpaired) electrons. The van der Waals surface area contributed by atoms with Gasteiger partial charge in [-0.25, -0.2) is 29.4 Å². The molecule has 1 saturated heterocycles. The molecule has 18 nitrogen and oxygen atoms in total. The number of carbonyl (C=O) groups excluding carboxylic acids is 4. The quantitative estimate of drug-likeness (QED) is 0.175. The Morgan fingerprint density at radius 2 is 1.69 bits per heavy atom. The summed E-state index contributed by atoms with van der Waals surface area (Å²) in [5, 5.41) is 20.4. The van der Waals surface area contributed by atoms with Crippen LogP contribution in [0.5, 0.6) is 0 Å². The standard InChI is InChI=1S/C21H25N7O2.C15H21N7O2.C7H8/c1-13-5-3-4-6-14(13)16-7-8-17-24-19(25-28(16)17)20(29)23-15-10-12-27-18(9-11-22-27)26(2)21(15)30;1-20(2)13-5-7-16-22(13)9-6-11(10-23)17-15(24)14-18-12-4-3-8-21(12)19-14;1-7-5-3-2-4-6-7/h3-6,9,15-16,22H,7-8,10-12H2,1-2H3,(H,23,29);5,7,10-11H,3-4,6,8-9H2,1-2H3,(H,17,24);2-6H,1H3/t15-,16?;11-;/m00./s1. The number of aryl methyl sites for hydroxylation is 6. The number of carbonyl (C=O) groups is 4. The van der Waals surface area contributed by atoms with Crippen molar-refractivity contribution in [1.82, 2.24) is 65.3 Å². The Morgan fingerprint density at radius 3 is 2.41 bits per heavy atom. The molecular weight excluding hydrogens is 777 g/mol. The monoisotopic (exact) mass is 830 g/mol. The summed E-state index contributed by atoms with van der Waals surface area (Å²) in [5.41, 5.74) is 6.94. The van der Waals surface area contributed by atoms with Gasteiger partial charge in [0.2, 0.25) is 11.6 Å². The number of benzene rings is 2. The van der Waals surface area contributed by atoms with Crippen molar-refractivity contribution in [3.05, 3.63) is 119 Å². The summed E-state index contributed by atoms with van der Waals surface area (Å²) in [6, 6.07) is 19.3. The van der Waals surface area contributed by atoms with Crippen LogP contribution in [-0.4, -0.2) is 120 Å². The summed E-state index contributed by atoms with van der Waals surface area (Å²) in [7, 11) is 5.58. The maximum atomic E-state index is 12.9. The molecule has 3 atom stereocenters. The van der Waals surface area contributed by atoms with Crippen molar-refractivity contribution in [3.63, 3.8) is 0 Å². The van der Waals surface area contributed by atoms with E-state index in [9.17, 15) is 19.2 Å². The lowest BCUT2D eigenvalue weighted by atomic mass is 10.00. The van der Waals surface area contributed by atoms with E-state index >= 15 is 0 Å². The number of fused-ring (bicyclic) bond motifs is 3. The zero-order chi connectivity index (χ0) is 43.0. The van der Waals surface area contributed by atoms with Crippen molar-refractivity contribution in [1.29, 1.82) is 0 Å². The molecule has 0 saturated carbocycles. The Kier molecular flexibility index (Phi) is 13.3. The summed E-state index contributed by atoms with van der Waals surface area (Å²) < 4.78 is 5.41. The molecule has 3 N–H and O–H groups in total. The Labute approximate surface area is 355 Å². The molecule has 3 aromatic heterocycles. The van der Waals surface area contributed by atoms with Crippen molar-refractivity contribution >= 4 is 29.8 Å². The molecule has 18 heteroatoms. The second-order valence-electron chi connectivity index (χ2n) is 15.6. The average molecular weight is 831 g/mol. The molecule has 9 rings (SSSR count). The van der Waals surface area contributed by atoms with Gasteiger partial charge in [-0.3, -0.25) is 24.3 Å². The lowest BCUT2D eigenvalue weighted by molar-refractivity contribution is -0.130. The van der Waals surface area contributed by atoms with Crippen molar-refractivity contribution in [2.75, 3.05) is 39.1 Å². The van der Waals surface area contributed by atoms with E-state index < -0.39 is 23.9 Å². The van der Waals surface area contributed by atoms with Gasteiger partial charge < -0.3 is 20.3 Å². The molecule has 61 heavy (non-hydrogen) atoms. The van der Waals surface area contributed by atoms with Gasteiger partial charge in [-0.1, -0.05) is 60.2 Å². The third-order valence-corrected chi connectivity index (χ3v) is 11.1. The van der Waals surface area contributed by atoms with Crippen LogP contribution in [0.2, 0.25) is 0 Å². The van der Waals surface area contributed by atoms with Gasteiger partial charge in [-0.05, 0) is 56.7 Å². The number of aromatic nitrogens is 8. The summed E-state index contributed by atoms with van der Waals surface area (Å²) in [5.74, 6) is 2.71. The SMILES string of the molecule is CN(C)c1ccnn1CC[C@@H](C=O)NC(=O)c1nc2n(n1)CCC2.Cc1ccccc1.Cc1ccccc1C1CCc2nc(C(=O)N[C@H]3CCN4NCC=C4N(C)C3=O)nn21. The topological polar surface area (TPSA) is 193 Å². The predicted molar refractivity (Wildman–Crippen MR) is 227 cm³/mol. The number of hydrogen-bond acceptors (Lipinski definition) is 12. The highest BCUT2D eigenvalue weighted by atomic mass is 16.2. The zero-order valence-electron chi connectivity index (χ0n) is 35.4. The van der Waals surface area contributed by atoms with E-state index in [1.54, 1.807) is 27.5 Å². The van der Waals surface area contributed by atoms with E-state index in [1.165, 1.54) is 16.7 Å². The van der Waals surface area contributed by atoms with E-state index in [2.05, 4.69) is 79.4 Å². The van der Waals surface area contributed by atoms with Gasteiger partial charge in [0.25, 0.3) is 17.7 Å². The highest BCUT2D eigenvalue weighted by Gasteiger charge is 2.35. The molecule has 4 aliphatic rings. The highest BCUT2D eigenvalue weighted by molar-refractivity contribution is 5.95. The molecule has 5 aromatic rings. The number of nitrogens with one attached hydrogen (secondary N) is 3. The fourth-order valence-electron chi connectivity index (χ4n) is 7.85. The zero-order valence-corrected chi connectivity index (χ0v) is 35.4. The molecule has 7 heterocycles. The largest absolute Gasteiger partial charge is 0.363 e. The number of aldehydes is 1. The van der Waals surface area contributed by atoms with Crippen LogP contribution in [0.4, 0.5) is 5.82 Å². The van der Waals surface area contributed by atoms with E-state index in [0.29, 0.717) is 32.5 Å². The fraction of sp³-hybridized carbons (Fsp3) is 0.419. The van der Waals surface area contributed by atoms with E-state index in [0.717, 1.165) is 61.8 Å². The molecule has 1 unspecified atom stereocenters. The Hall–Kier alpha value is -6.69. The minimum absolute atomic E-state index is 0.0890. The van der Waals surface area contributed by atoms with E-state index in [4.69, 9.17) is 0 Å². The number of hydrazine groups is 1. The van der Waals surface area contributed by atoms with Crippen LogP contribution in [0, 0.1) is 13.8 Å². The first kappa shape index (κ1) is 42.4. The lowest BCUT2D eigenvalue weighted by Crippen LogP contribution is -2.46. The van der Waals surface area contributed by atoms with E-state index in [1.807, 2.05) is 71.2 Å². The van der Waals surface area contributed by atoms with Gasteiger partial charge in [-0.2, -0.15) is 5.10 Å². The summed E-state index contributed by atoms with van der Waals surface area (Å²) >= 11 is 0. The van der Waals surface area contributed by atoms with Crippen LogP contribution >= 0.6 is 0 Å². The Morgan fingerprint density at radius 1 is 0.934 bits per heavy atom. The molecule has 2 aromatic carbocycles. The molecule has 0 aliphatic carbocycles. The number of anilines is 1. The smallest absolute Gasteiger partial charge is 0.291 e. The van der Waals surface area contributed by atoms with Crippen LogP contribution < -0.4 is 21.0 Å². The summed E-state index contributed by atoms with van der Waals surface area (Å²) in [6.45, 7) is 6.82. The van der Waals surface area contributed by atoms with Crippen molar-refractivity contribution in [3.8, 4) is 0 Å². The third-order valence-electron chi connectivity index (χ3n) is 11.1. The minimum atomic E-state index is -0.610. The van der Waals surface area contributed by atoms with Gasteiger partial charge in [0.15, 0.2) is 0 Å². The first-order valence-electron chi connectivity index (χ1n) is 20.7. The van der Waals surface area contributed by atoms with Crippen LogP contribution in [-0.2, 0) is 35.5 Å². The van der Waals surface area contributed by atoms with Gasteiger partial charge in [-0.15, -0.1) is 10.2 Å². The molecular formula is C43H54N14O4. The van der Waals surface area contributed by atoms with Crippen LogP contribution in [0.15, 0.2) is 78.8 Å². The number of hydrogen-bond donors (Lipinski definition) is 3.